The van der Waals surface area contributed by atoms with Crippen molar-refractivity contribution < 1.29 is 0 Å². The molecule has 0 bridgehead atoms. The Morgan fingerprint density at radius 2 is 2.29 bits per heavy atom. The minimum atomic E-state index is 0.408. The highest BCUT2D eigenvalue weighted by atomic mass is 79.9. The molecule has 1 N–H and O–H groups in total. The number of halogens is 1. The van der Waals surface area contributed by atoms with Gasteiger partial charge in [-0.3, -0.25) is 0 Å². The molecule has 14 heavy (non-hydrogen) atoms. The molecule has 1 saturated carbocycles. The minimum Gasteiger partial charge on any atom is -0.307 e. The summed E-state index contributed by atoms with van der Waals surface area (Å²) in [5, 5.41) is 3.58. The summed E-state index contributed by atoms with van der Waals surface area (Å²) in [6, 6.07) is 5.23. The van der Waals surface area contributed by atoms with Gasteiger partial charge in [-0.1, -0.05) is 13.0 Å². The fraction of sp³-hybridized carbons (Fsp3) is 0.545. The van der Waals surface area contributed by atoms with Gasteiger partial charge in [0.25, 0.3) is 0 Å². The lowest BCUT2D eigenvalue weighted by Gasteiger charge is -2.13. The number of hydrogen-bond acceptors (Lipinski definition) is 2. The van der Waals surface area contributed by atoms with E-state index in [4.69, 9.17) is 0 Å². The molecular weight excluding hydrogens is 240 g/mol. The Bertz CT molecular complexity index is 310. The van der Waals surface area contributed by atoms with E-state index in [0.29, 0.717) is 12.1 Å². The Labute approximate surface area is 93.3 Å². The Kier molecular flexibility index (Phi) is 2.88. The molecule has 1 aliphatic carbocycles. The average Bonchev–Trinajstić information content (AvgIpc) is 2.82. The fourth-order valence-electron chi connectivity index (χ4n) is 1.62. The smallest absolute Gasteiger partial charge is 0.106 e. The molecule has 1 aromatic rings. The minimum absolute atomic E-state index is 0.408. The van der Waals surface area contributed by atoms with Crippen molar-refractivity contribution >= 4 is 15.9 Å². The highest BCUT2D eigenvalue weighted by Crippen LogP contribution is 2.31. The Hall–Kier alpha value is -0.410. The standard InChI is InChI=1S/C11H15BrN2/c1-7-5-10(7)14-8(2)9-3-4-11(12)13-6-9/h3-4,6-8,10,14H,5H2,1-2H3/t7-,8?,10-/m1/s1. The second-order valence-corrected chi connectivity index (χ2v) is 4.93. The van der Waals surface area contributed by atoms with Crippen LogP contribution < -0.4 is 5.32 Å². The molecule has 0 aliphatic heterocycles. The fourth-order valence-corrected chi connectivity index (χ4v) is 1.85. The first kappa shape index (κ1) is 10.1. The molecule has 2 rings (SSSR count). The third kappa shape index (κ3) is 2.34. The van der Waals surface area contributed by atoms with E-state index in [2.05, 4.69) is 46.1 Å². The Balaban J connectivity index is 1.96. The number of nitrogens with one attached hydrogen (secondary N) is 1. The largest absolute Gasteiger partial charge is 0.307 e. The first-order valence-electron chi connectivity index (χ1n) is 5.04. The van der Waals surface area contributed by atoms with Crippen LogP contribution in [0, 0.1) is 5.92 Å². The predicted octanol–water partition coefficient (Wildman–Crippen LogP) is 2.90. The van der Waals surface area contributed by atoms with Crippen LogP contribution in [0.15, 0.2) is 22.9 Å². The number of aromatic nitrogens is 1. The summed E-state index contributed by atoms with van der Waals surface area (Å²) in [5.74, 6) is 0.848. The van der Waals surface area contributed by atoms with Crippen LogP contribution in [0.25, 0.3) is 0 Å². The summed E-state index contributed by atoms with van der Waals surface area (Å²) < 4.78 is 0.897. The summed E-state index contributed by atoms with van der Waals surface area (Å²) >= 11 is 3.34. The molecule has 1 heterocycles. The SMILES string of the molecule is CC(N[C@@H]1C[C@H]1C)c1ccc(Br)nc1. The normalized spacial score (nSPS) is 27.4. The maximum Gasteiger partial charge on any atom is 0.106 e. The topological polar surface area (TPSA) is 24.9 Å². The summed E-state index contributed by atoms with van der Waals surface area (Å²) in [6.45, 7) is 4.47. The van der Waals surface area contributed by atoms with Gasteiger partial charge in [-0.05, 0) is 46.8 Å². The third-order valence-electron chi connectivity index (χ3n) is 2.82. The van der Waals surface area contributed by atoms with E-state index in [1.807, 2.05) is 12.3 Å². The summed E-state index contributed by atoms with van der Waals surface area (Å²) in [5.41, 5.74) is 1.26. The number of hydrogen-bond donors (Lipinski definition) is 1. The lowest BCUT2D eigenvalue weighted by molar-refractivity contribution is 0.550. The van der Waals surface area contributed by atoms with Crippen LogP contribution >= 0.6 is 15.9 Å². The zero-order valence-corrected chi connectivity index (χ0v) is 10.1. The van der Waals surface area contributed by atoms with E-state index in [-0.39, 0.29) is 0 Å². The molecule has 3 heteroatoms. The van der Waals surface area contributed by atoms with Crippen molar-refractivity contribution in [2.45, 2.75) is 32.4 Å². The van der Waals surface area contributed by atoms with Crippen molar-refractivity contribution in [2.75, 3.05) is 0 Å². The van der Waals surface area contributed by atoms with Crippen LogP contribution in [0.1, 0.15) is 31.9 Å². The Morgan fingerprint density at radius 1 is 1.57 bits per heavy atom. The van der Waals surface area contributed by atoms with Gasteiger partial charge in [0.2, 0.25) is 0 Å². The Morgan fingerprint density at radius 3 is 2.79 bits per heavy atom. The van der Waals surface area contributed by atoms with Crippen LogP contribution in [0.3, 0.4) is 0 Å². The molecule has 1 fully saturated rings. The lowest BCUT2D eigenvalue weighted by Crippen LogP contribution is -2.22. The first-order chi connectivity index (χ1) is 6.66. The molecule has 3 atom stereocenters. The van der Waals surface area contributed by atoms with E-state index in [1.165, 1.54) is 12.0 Å². The molecule has 2 nitrogen and oxygen atoms in total. The summed E-state index contributed by atoms with van der Waals surface area (Å²) in [6.07, 6.45) is 3.24. The van der Waals surface area contributed by atoms with Crippen LogP contribution in [0.5, 0.6) is 0 Å². The maximum atomic E-state index is 4.22. The molecule has 0 spiro atoms. The molecule has 0 amide bonds. The number of nitrogens with zero attached hydrogens (tertiary/aromatic N) is 1. The highest BCUT2D eigenvalue weighted by molar-refractivity contribution is 9.10. The zero-order valence-electron chi connectivity index (χ0n) is 8.50. The molecule has 0 aromatic carbocycles. The van der Waals surface area contributed by atoms with E-state index < -0.39 is 0 Å². The van der Waals surface area contributed by atoms with Gasteiger partial charge in [0.15, 0.2) is 0 Å². The van der Waals surface area contributed by atoms with E-state index in [1.54, 1.807) is 0 Å². The van der Waals surface area contributed by atoms with E-state index >= 15 is 0 Å². The van der Waals surface area contributed by atoms with Gasteiger partial charge in [0.05, 0.1) is 0 Å². The van der Waals surface area contributed by atoms with Crippen molar-refractivity contribution in [3.63, 3.8) is 0 Å². The van der Waals surface area contributed by atoms with E-state index in [0.717, 1.165) is 10.5 Å². The van der Waals surface area contributed by atoms with Crippen LogP contribution in [0.2, 0.25) is 0 Å². The molecule has 1 aliphatic rings. The molecule has 1 aromatic heterocycles. The lowest BCUT2D eigenvalue weighted by atomic mass is 10.1. The van der Waals surface area contributed by atoms with Crippen molar-refractivity contribution in [1.29, 1.82) is 0 Å². The second-order valence-electron chi connectivity index (χ2n) is 4.12. The van der Waals surface area contributed by atoms with Crippen molar-refractivity contribution in [2.24, 2.45) is 5.92 Å². The van der Waals surface area contributed by atoms with Crippen molar-refractivity contribution in [3.05, 3.63) is 28.5 Å². The van der Waals surface area contributed by atoms with Gasteiger partial charge in [0.1, 0.15) is 4.60 Å². The number of rotatable bonds is 3. The molecule has 76 valence electrons. The monoisotopic (exact) mass is 254 g/mol. The van der Waals surface area contributed by atoms with Gasteiger partial charge in [0, 0.05) is 18.3 Å². The molecule has 0 radical (unpaired) electrons. The summed E-state index contributed by atoms with van der Waals surface area (Å²) in [4.78, 5) is 4.22. The van der Waals surface area contributed by atoms with Gasteiger partial charge in [-0.2, -0.15) is 0 Å². The quantitative estimate of drug-likeness (QED) is 0.840. The van der Waals surface area contributed by atoms with Crippen molar-refractivity contribution in [3.8, 4) is 0 Å². The van der Waals surface area contributed by atoms with Crippen LogP contribution in [-0.2, 0) is 0 Å². The van der Waals surface area contributed by atoms with Gasteiger partial charge in [-0.15, -0.1) is 0 Å². The van der Waals surface area contributed by atoms with Gasteiger partial charge in [-0.25, -0.2) is 4.98 Å². The van der Waals surface area contributed by atoms with Gasteiger partial charge >= 0.3 is 0 Å². The molecule has 1 unspecified atom stereocenters. The van der Waals surface area contributed by atoms with Gasteiger partial charge < -0.3 is 5.32 Å². The third-order valence-corrected chi connectivity index (χ3v) is 3.29. The summed E-state index contributed by atoms with van der Waals surface area (Å²) in [7, 11) is 0. The maximum absolute atomic E-state index is 4.22. The molecule has 0 saturated heterocycles. The highest BCUT2D eigenvalue weighted by Gasteiger charge is 2.33. The second kappa shape index (κ2) is 3.99. The first-order valence-corrected chi connectivity index (χ1v) is 5.83. The van der Waals surface area contributed by atoms with E-state index in [9.17, 15) is 0 Å². The number of pyridine rings is 1. The predicted molar refractivity (Wildman–Crippen MR) is 61.1 cm³/mol. The average molecular weight is 255 g/mol. The zero-order chi connectivity index (χ0) is 10.1. The van der Waals surface area contributed by atoms with Crippen LogP contribution in [0.4, 0.5) is 0 Å². The molecular formula is C11H15BrN2. The van der Waals surface area contributed by atoms with Crippen LogP contribution in [-0.4, -0.2) is 11.0 Å². The van der Waals surface area contributed by atoms with Crippen molar-refractivity contribution in [1.82, 2.24) is 10.3 Å².